The molecule has 0 atom stereocenters. The first-order valence-corrected chi connectivity index (χ1v) is 6.69. The van der Waals surface area contributed by atoms with Crippen molar-refractivity contribution >= 4 is 11.3 Å². The summed E-state index contributed by atoms with van der Waals surface area (Å²) in [5.41, 5.74) is 7.69. The van der Waals surface area contributed by atoms with Gasteiger partial charge in [0.05, 0.1) is 5.69 Å². The third-order valence-corrected chi connectivity index (χ3v) is 4.59. The number of hydrogen-bond acceptors (Lipinski definition) is 3. The zero-order valence-electron chi connectivity index (χ0n) is 10.8. The first-order valence-electron chi connectivity index (χ1n) is 5.88. The van der Waals surface area contributed by atoms with Gasteiger partial charge in [0.15, 0.2) is 0 Å². The van der Waals surface area contributed by atoms with Crippen LogP contribution in [-0.2, 0) is 5.41 Å². The second-order valence-corrected chi connectivity index (χ2v) is 6.03. The lowest BCUT2D eigenvalue weighted by atomic mass is 9.91. The Labute approximate surface area is 111 Å². The van der Waals surface area contributed by atoms with Crippen LogP contribution in [0, 0.1) is 12.7 Å². The summed E-state index contributed by atoms with van der Waals surface area (Å²) in [4.78, 5) is 5.76. The van der Waals surface area contributed by atoms with Crippen molar-refractivity contribution in [2.75, 3.05) is 6.54 Å². The second kappa shape index (κ2) is 4.78. The van der Waals surface area contributed by atoms with Crippen LogP contribution in [0.25, 0.3) is 10.6 Å². The topological polar surface area (TPSA) is 38.9 Å². The van der Waals surface area contributed by atoms with E-state index in [1.54, 1.807) is 23.5 Å². The molecule has 2 rings (SSSR count). The van der Waals surface area contributed by atoms with Crippen molar-refractivity contribution in [1.82, 2.24) is 4.98 Å². The van der Waals surface area contributed by atoms with Gasteiger partial charge in [0.2, 0.25) is 0 Å². The minimum Gasteiger partial charge on any atom is -0.330 e. The van der Waals surface area contributed by atoms with E-state index in [1.807, 2.05) is 6.92 Å². The predicted molar refractivity (Wildman–Crippen MR) is 74.3 cm³/mol. The zero-order chi connectivity index (χ0) is 13.3. The summed E-state index contributed by atoms with van der Waals surface area (Å²) in [5, 5.41) is 0.920. The highest BCUT2D eigenvalue weighted by Gasteiger charge is 2.24. The van der Waals surface area contributed by atoms with Gasteiger partial charge in [-0.1, -0.05) is 13.8 Å². The molecule has 0 aliphatic carbocycles. The van der Waals surface area contributed by atoms with Crippen LogP contribution in [0.2, 0.25) is 0 Å². The summed E-state index contributed by atoms with van der Waals surface area (Å²) < 4.78 is 12.9. The first kappa shape index (κ1) is 13.2. The molecule has 96 valence electrons. The third-order valence-electron chi connectivity index (χ3n) is 3.01. The molecule has 0 saturated carbocycles. The quantitative estimate of drug-likeness (QED) is 0.921. The third kappa shape index (κ3) is 2.44. The highest BCUT2D eigenvalue weighted by molar-refractivity contribution is 7.15. The van der Waals surface area contributed by atoms with Crippen molar-refractivity contribution < 1.29 is 4.39 Å². The summed E-state index contributed by atoms with van der Waals surface area (Å²) >= 11 is 1.64. The Morgan fingerprint density at radius 2 is 1.89 bits per heavy atom. The summed E-state index contributed by atoms with van der Waals surface area (Å²) in [7, 11) is 0. The fourth-order valence-corrected chi connectivity index (χ4v) is 3.02. The number of rotatable bonds is 3. The van der Waals surface area contributed by atoms with Gasteiger partial charge in [0.1, 0.15) is 10.8 Å². The van der Waals surface area contributed by atoms with Crippen LogP contribution in [0.5, 0.6) is 0 Å². The molecule has 2 nitrogen and oxygen atoms in total. The monoisotopic (exact) mass is 264 g/mol. The normalized spacial score (nSPS) is 11.8. The van der Waals surface area contributed by atoms with Gasteiger partial charge in [-0.3, -0.25) is 0 Å². The summed E-state index contributed by atoms with van der Waals surface area (Å²) in [6.07, 6.45) is 0. The molecule has 18 heavy (non-hydrogen) atoms. The SMILES string of the molecule is Cc1nc(-c2ccc(F)cc2)sc1C(C)(C)CN. The number of aryl methyl sites for hydroxylation is 1. The smallest absolute Gasteiger partial charge is 0.123 e. The molecule has 4 heteroatoms. The van der Waals surface area contributed by atoms with E-state index in [0.717, 1.165) is 16.3 Å². The minimum atomic E-state index is -0.227. The number of benzene rings is 1. The fourth-order valence-electron chi connectivity index (χ4n) is 1.83. The molecule has 0 bridgehead atoms. The lowest BCUT2D eigenvalue weighted by Crippen LogP contribution is -2.27. The van der Waals surface area contributed by atoms with Crippen LogP contribution in [0.1, 0.15) is 24.4 Å². The molecule has 0 spiro atoms. The van der Waals surface area contributed by atoms with E-state index in [0.29, 0.717) is 6.54 Å². The number of nitrogens with zero attached hydrogens (tertiary/aromatic N) is 1. The molecule has 0 aliphatic heterocycles. The molecule has 2 aromatic rings. The van der Waals surface area contributed by atoms with Gasteiger partial charge < -0.3 is 5.73 Å². The van der Waals surface area contributed by atoms with Crippen LogP contribution in [0.15, 0.2) is 24.3 Å². The van der Waals surface area contributed by atoms with Gasteiger partial charge in [-0.15, -0.1) is 11.3 Å². The maximum absolute atomic E-state index is 12.9. The average molecular weight is 264 g/mol. The Morgan fingerprint density at radius 1 is 1.28 bits per heavy atom. The van der Waals surface area contributed by atoms with Gasteiger partial charge in [-0.05, 0) is 31.2 Å². The number of hydrogen-bond donors (Lipinski definition) is 1. The van der Waals surface area contributed by atoms with Gasteiger partial charge in [0.25, 0.3) is 0 Å². The Hall–Kier alpha value is -1.26. The Morgan fingerprint density at radius 3 is 2.44 bits per heavy atom. The fraction of sp³-hybridized carbons (Fsp3) is 0.357. The first-order chi connectivity index (χ1) is 8.44. The zero-order valence-corrected chi connectivity index (χ0v) is 11.6. The van der Waals surface area contributed by atoms with Crippen LogP contribution in [0.4, 0.5) is 4.39 Å². The Bertz CT molecular complexity index is 543. The molecule has 0 unspecified atom stereocenters. The number of nitrogens with two attached hydrogens (primary N) is 1. The molecule has 0 fully saturated rings. The molecule has 0 aliphatic rings. The van der Waals surface area contributed by atoms with Crippen LogP contribution >= 0.6 is 11.3 Å². The number of aromatic nitrogens is 1. The molecule has 2 N–H and O–H groups in total. The van der Waals surface area contributed by atoms with E-state index in [2.05, 4.69) is 18.8 Å². The van der Waals surface area contributed by atoms with E-state index in [-0.39, 0.29) is 11.2 Å². The molecule has 0 radical (unpaired) electrons. The van der Waals surface area contributed by atoms with Crippen LogP contribution < -0.4 is 5.73 Å². The molecule has 0 amide bonds. The predicted octanol–water partition coefficient (Wildman–Crippen LogP) is 3.49. The minimum absolute atomic E-state index is 0.0694. The summed E-state index contributed by atoms with van der Waals surface area (Å²) in [6, 6.07) is 6.43. The van der Waals surface area contributed by atoms with Gasteiger partial charge >= 0.3 is 0 Å². The largest absolute Gasteiger partial charge is 0.330 e. The van der Waals surface area contributed by atoms with E-state index >= 15 is 0 Å². The van der Waals surface area contributed by atoms with E-state index < -0.39 is 0 Å². The second-order valence-electron chi connectivity index (χ2n) is 5.03. The number of thiazole rings is 1. The molecular formula is C14H17FN2S. The van der Waals surface area contributed by atoms with Gasteiger partial charge in [-0.25, -0.2) is 9.37 Å². The van der Waals surface area contributed by atoms with Crippen molar-refractivity contribution in [2.24, 2.45) is 5.73 Å². The Balaban J connectivity index is 2.43. The van der Waals surface area contributed by atoms with Crippen molar-refractivity contribution in [1.29, 1.82) is 0 Å². The van der Waals surface area contributed by atoms with Crippen molar-refractivity contribution in [3.8, 4) is 10.6 Å². The van der Waals surface area contributed by atoms with Crippen molar-refractivity contribution in [3.63, 3.8) is 0 Å². The highest BCUT2D eigenvalue weighted by Crippen LogP contribution is 2.35. The van der Waals surface area contributed by atoms with E-state index in [1.165, 1.54) is 17.0 Å². The molecule has 0 saturated heterocycles. The van der Waals surface area contributed by atoms with Gasteiger partial charge in [-0.2, -0.15) is 0 Å². The van der Waals surface area contributed by atoms with Crippen molar-refractivity contribution in [3.05, 3.63) is 40.7 Å². The maximum atomic E-state index is 12.9. The van der Waals surface area contributed by atoms with E-state index in [9.17, 15) is 4.39 Å². The molecular weight excluding hydrogens is 247 g/mol. The van der Waals surface area contributed by atoms with Crippen molar-refractivity contribution in [2.45, 2.75) is 26.2 Å². The highest BCUT2D eigenvalue weighted by atomic mass is 32.1. The lowest BCUT2D eigenvalue weighted by molar-refractivity contribution is 0.546. The molecule has 1 heterocycles. The Kier molecular flexibility index (Phi) is 3.50. The average Bonchev–Trinajstić information content (AvgIpc) is 2.73. The number of halogens is 1. The lowest BCUT2D eigenvalue weighted by Gasteiger charge is -2.20. The summed E-state index contributed by atoms with van der Waals surface area (Å²) in [6.45, 7) is 6.80. The standard InChI is InChI=1S/C14H17FN2S/c1-9-12(14(2,3)8-16)18-13(17-9)10-4-6-11(15)7-5-10/h4-7H,8,16H2,1-3H3. The van der Waals surface area contributed by atoms with Gasteiger partial charge in [0, 0.05) is 22.4 Å². The molecule has 1 aromatic carbocycles. The molecule has 1 aromatic heterocycles. The van der Waals surface area contributed by atoms with Crippen LogP contribution in [0.3, 0.4) is 0 Å². The van der Waals surface area contributed by atoms with E-state index in [4.69, 9.17) is 5.73 Å². The maximum Gasteiger partial charge on any atom is 0.123 e. The summed E-state index contributed by atoms with van der Waals surface area (Å²) in [5.74, 6) is -0.227. The van der Waals surface area contributed by atoms with Crippen LogP contribution in [-0.4, -0.2) is 11.5 Å².